The molecule has 0 aromatic heterocycles. The van der Waals surface area contributed by atoms with Crippen molar-refractivity contribution in [1.29, 1.82) is 0 Å². The van der Waals surface area contributed by atoms with Crippen molar-refractivity contribution in [3.05, 3.63) is 0 Å². The summed E-state index contributed by atoms with van der Waals surface area (Å²) in [7, 11) is 0. The molecular weight excluding hydrogens is 191 g/mol. The van der Waals surface area contributed by atoms with E-state index in [1.807, 2.05) is 0 Å². The quantitative estimate of drug-likeness (QED) is 0.706. The zero-order chi connectivity index (χ0) is 11.4. The Morgan fingerprint density at radius 1 is 1.43 bits per heavy atom. The van der Waals surface area contributed by atoms with Crippen LogP contribution in [0.2, 0.25) is 0 Å². The number of ether oxygens (including phenoxy) is 1. The fourth-order valence-electron chi connectivity index (χ4n) is 0.769. The molecule has 0 aliphatic heterocycles. The summed E-state index contributed by atoms with van der Waals surface area (Å²) in [6.45, 7) is 3.78. The second kappa shape index (κ2) is 4.70. The molecule has 0 aromatic rings. The van der Waals surface area contributed by atoms with Crippen molar-refractivity contribution in [3.8, 4) is 0 Å². The van der Waals surface area contributed by atoms with Gasteiger partial charge in [0, 0.05) is 0 Å². The van der Waals surface area contributed by atoms with Crippen LogP contribution in [0.3, 0.4) is 0 Å². The summed E-state index contributed by atoms with van der Waals surface area (Å²) < 4.78 is 17.5. The van der Waals surface area contributed by atoms with Gasteiger partial charge in [-0.25, -0.2) is 4.39 Å². The van der Waals surface area contributed by atoms with Gasteiger partial charge in [0.2, 0.25) is 0 Å². The van der Waals surface area contributed by atoms with Crippen molar-refractivity contribution in [2.45, 2.75) is 38.4 Å². The van der Waals surface area contributed by atoms with Crippen LogP contribution in [0, 0.1) is 0 Å². The molecule has 0 fully saturated rings. The van der Waals surface area contributed by atoms with Gasteiger partial charge in [-0.15, -0.1) is 0 Å². The first-order chi connectivity index (χ1) is 6.18. The average molecular weight is 208 g/mol. The number of alkyl halides is 1. The molecule has 0 aromatic carbocycles. The molecule has 0 saturated carbocycles. The normalized spacial score (nSPS) is 16.4. The third kappa shape index (κ3) is 5.88. The van der Waals surface area contributed by atoms with E-state index in [-0.39, 0.29) is 6.61 Å². The van der Waals surface area contributed by atoms with Crippen LogP contribution >= 0.6 is 0 Å². The summed E-state index contributed by atoms with van der Waals surface area (Å²) in [5.41, 5.74) is -2.44. The van der Waals surface area contributed by atoms with E-state index in [1.54, 1.807) is 20.8 Å². The Labute approximate surface area is 82.7 Å². The van der Waals surface area contributed by atoms with Crippen LogP contribution in [-0.4, -0.2) is 40.7 Å². The smallest absolute Gasteiger partial charge is 0.306 e. The molecule has 0 spiro atoms. The Hall–Kier alpha value is -0.680. The van der Waals surface area contributed by atoms with Gasteiger partial charge in [0.25, 0.3) is 0 Å². The van der Waals surface area contributed by atoms with Crippen LogP contribution < -0.4 is 0 Å². The minimum atomic E-state index is -1.92. The predicted molar refractivity (Wildman–Crippen MR) is 48.9 cm³/mol. The lowest BCUT2D eigenvalue weighted by Gasteiger charge is -2.28. The van der Waals surface area contributed by atoms with E-state index in [9.17, 15) is 14.3 Å². The van der Waals surface area contributed by atoms with E-state index in [2.05, 4.69) is 0 Å². The van der Waals surface area contributed by atoms with E-state index in [1.165, 1.54) is 0 Å². The summed E-state index contributed by atoms with van der Waals surface area (Å²) in [4.78, 5) is 10.3. The second-order valence-electron chi connectivity index (χ2n) is 4.33. The maximum atomic E-state index is 12.4. The van der Waals surface area contributed by atoms with E-state index in [4.69, 9.17) is 9.84 Å². The Morgan fingerprint density at radius 3 is 2.21 bits per heavy atom. The highest BCUT2D eigenvalue weighted by Gasteiger charge is 2.32. The maximum Gasteiger partial charge on any atom is 0.306 e. The van der Waals surface area contributed by atoms with Gasteiger partial charge in [-0.05, 0) is 20.8 Å². The minimum Gasteiger partial charge on any atom is -0.481 e. The first-order valence-electron chi connectivity index (χ1n) is 4.33. The van der Waals surface area contributed by atoms with Crippen molar-refractivity contribution in [2.75, 3.05) is 13.3 Å². The number of halogens is 1. The van der Waals surface area contributed by atoms with Gasteiger partial charge in [0.05, 0.1) is 18.6 Å². The van der Waals surface area contributed by atoms with Gasteiger partial charge < -0.3 is 14.9 Å². The fourth-order valence-corrected chi connectivity index (χ4v) is 0.769. The lowest BCUT2D eigenvalue weighted by molar-refractivity contribution is -0.152. The highest BCUT2D eigenvalue weighted by atomic mass is 19.1. The SMILES string of the molecule is CC(C)(C)OCC(O)(CF)CC(=O)O. The average Bonchev–Trinajstić information content (AvgIpc) is 1.99. The lowest BCUT2D eigenvalue weighted by Crippen LogP contribution is -2.42. The fraction of sp³-hybridized carbons (Fsp3) is 0.889. The van der Waals surface area contributed by atoms with E-state index >= 15 is 0 Å². The molecule has 14 heavy (non-hydrogen) atoms. The molecule has 0 amide bonds. The van der Waals surface area contributed by atoms with Gasteiger partial charge in [-0.2, -0.15) is 0 Å². The molecule has 0 rings (SSSR count). The first kappa shape index (κ1) is 13.3. The van der Waals surface area contributed by atoms with Gasteiger partial charge in [0.1, 0.15) is 12.3 Å². The van der Waals surface area contributed by atoms with Crippen molar-refractivity contribution in [2.24, 2.45) is 0 Å². The molecule has 84 valence electrons. The number of aliphatic hydroxyl groups is 1. The molecule has 2 N–H and O–H groups in total. The number of hydrogen-bond acceptors (Lipinski definition) is 3. The summed E-state index contributed by atoms with van der Waals surface area (Å²) in [6.07, 6.45) is -0.653. The summed E-state index contributed by atoms with van der Waals surface area (Å²) >= 11 is 0. The molecule has 0 saturated heterocycles. The summed E-state index contributed by atoms with van der Waals surface area (Å²) in [6, 6.07) is 0. The molecule has 5 heteroatoms. The molecule has 4 nitrogen and oxygen atoms in total. The Balaban J connectivity index is 4.19. The molecule has 1 unspecified atom stereocenters. The topological polar surface area (TPSA) is 66.8 Å². The lowest BCUT2D eigenvalue weighted by atomic mass is 10.0. The van der Waals surface area contributed by atoms with Crippen LogP contribution in [0.5, 0.6) is 0 Å². The summed E-state index contributed by atoms with van der Waals surface area (Å²) in [5.74, 6) is -1.25. The van der Waals surface area contributed by atoms with Crippen LogP contribution in [0.25, 0.3) is 0 Å². The maximum absolute atomic E-state index is 12.4. The number of aliphatic carboxylic acids is 1. The second-order valence-corrected chi connectivity index (χ2v) is 4.33. The Morgan fingerprint density at radius 2 is 1.93 bits per heavy atom. The highest BCUT2D eigenvalue weighted by molar-refractivity contribution is 5.68. The van der Waals surface area contributed by atoms with Gasteiger partial charge >= 0.3 is 5.97 Å². The molecule has 0 aliphatic carbocycles. The first-order valence-corrected chi connectivity index (χ1v) is 4.33. The Kier molecular flexibility index (Phi) is 4.48. The van der Waals surface area contributed by atoms with Gasteiger partial charge in [-0.1, -0.05) is 0 Å². The van der Waals surface area contributed by atoms with E-state index in [0.29, 0.717) is 0 Å². The predicted octanol–water partition coefficient (Wildman–Crippen LogP) is 0.977. The van der Waals surface area contributed by atoms with Crippen LogP contribution in [0.15, 0.2) is 0 Å². The number of carboxylic acid groups (broad SMARTS) is 1. The zero-order valence-corrected chi connectivity index (χ0v) is 8.71. The third-order valence-electron chi connectivity index (χ3n) is 1.50. The van der Waals surface area contributed by atoms with Crippen molar-refractivity contribution in [3.63, 3.8) is 0 Å². The highest BCUT2D eigenvalue weighted by Crippen LogP contribution is 2.16. The standard InChI is InChI=1S/C9H17FO4/c1-8(2,3)14-6-9(13,5-10)4-7(11)12/h13H,4-6H2,1-3H3,(H,11,12). The molecule has 1 atom stereocenters. The van der Waals surface area contributed by atoms with Crippen molar-refractivity contribution in [1.82, 2.24) is 0 Å². The largest absolute Gasteiger partial charge is 0.481 e. The molecule has 0 heterocycles. The number of hydrogen-bond donors (Lipinski definition) is 2. The molecule has 0 bridgehead atoms. The van der Waals surface area contributed by atoms with Gasteiger partial charge in [-0.3, -0.25) is 4.79 Å². The van der Waals surface area contributed by atoms with Crippen molar-refractivity contribution >= 4 is 5.97 Å². The number of carboxylic acids is 1. The zero-order valence-electron chi connectivity index (χ0n) is 8.71. The summed E-state index contributed by atoms with van der Waals surface area (Å²) in [5, 5.41) is 17.9. The molecule has 0 aliphatic rings. The molecular formula is C9H17FO4. The Bertz CT molecular complexity index is 199. The molecule has 0 radical (unpaired) electrons. The minimum absolute atomic E-state index is 0.320. The van der Waals surface area contributed by atoms with Crippen LogP contribution in [-0.2, 0) is 9.53 Å². The number of rotatable bonds is 5. The van der Waals surface area contributed by atoms with E-state index < -0.39 is 30.3 Å². The number of carbonyl (C=O) groups is 1. The van der Waals surface area contributed by atoms with E-state index in [0.717, 1.165) is 0 Å². The van der Waals surface area contributed by atoms with Crippen molar-refractivity contribution < 1.29 is 24.1 Å². The third-order valence-corrected chi connectivity index (χ3v) is 1.50. The van der Waals surface area contributed by atoms with Gasteiger partial charge in [0.15, 0.2) is 0 Å². The monoisotopic (exact) mass is 208 g/mol. The van der Waals surface area contributed by atoms with Crippen LogP contribution in [0.4, 0.5) is 4.39 Å². The van der Waals surface area contributed by atoms with Crippen LogP contribution in [0.1, 0.15) is 27.2 Å².